The fourth-order valence-corrected chi connectivity index (χ4v) is 5.39. The van der Waals surface area contributed by atoms with Crippen molar-refractivity contribution in [2.24, 2.45) is 0 Å². The highest BCUT2D eigenvalue weighted by Crippen LogP contribution is 2.23. The van der Waals surface area contributed by atoms with Crippen molar-refractivity contribution in [2.45, 2.75) is 83.3 Å². The molecule has 1 atom stereocenters. The summed E-state index contributed by atoms with van der Waals surface area (Å²) in [6.07, 6.45) is 5.66. The van der Waals surface area contributed by atoms with Crippen LogP contribution in [0.1, 0.15) is 74.1 Å². The fraction of sp³-hybridized carbons (Fsp3) is 0.394. The van der Waals surface area contributed by atoms with Crippen molar-refractivity contribution in [2.75, 3.05) is 0 Å². The average molecular weight is 531 g/mol. The summed E-state index contributed by atoms with van der Waals surface area (Å²) in [5.41, 5.74) is 4.28. The van der Waals surface area contributed by atoms with Gasteiger partial charge in [-0.05, 0) is 53.5 Å². The van der Waals surface area contributed by atoms with Gasteiger partial charge < -0.3 is 10.2 Å². The molecule has 1 aliphatic rings. The second-order valence-electron chi connectivity index (χ2n) is 10.7. The maximum Gasteiger partial charge on any atom is 0.243 e. The first-order chi connectivity index (χ1) is 18.4. The molecule has 0 heterocycles. The molecule has 0 aromatic heterocycles. The Morgan fingerprint density at radius 3 is 2.21 bits per heavy atom. The third kappa shape index (κ3) is 7.70. The van der Waals surface area contributed by atoms with Crippen LogP contribution in [0.15, 0.2) is 78.9 Å². The Labute approximate surface area is 232 Å². The smallest absolute Gasteiger partial charge is 0.243 e. The monoisotopic (exact) mass is 530 g/mol. The summed E-state index contributed by atoms with van der Waals surface area (Å²) in [6.45, 7) is 4.64. The Bertz CT molecular complexity index is 1190. The third-order valence-corrected chi connectivity index (χ3v) is 7.91. The normalized spacial score (nSPS) is 14.4. The summed E-state index contributed by atoms with van der Waals surface area (Å²) in [5, 5.41) is 3.86. The summed E-state index contributed by atoms with van der Waals surface area (Å²) in [6, 6.07) is 25.6. The van der Waals surface area contributed by atoms with E-state index in [1.165, 1.54) is 5.56 Å². The molecule has 3 aromatic carbocycles. The number of amides is 2. The zero-order valence-electron chi connectivity index (χ0n) is 22.5. The zero-order chi connectivity index (χ0) is 26.9. The van der Waals surface area contributed by atoms with Gasteiger partial charge >= 0.3 is 0 Å². The van der Waals surface area contributed by atoms with Crippen molar-refractivity contribution in [3.05, 3.63) is 106 Å². The molecule has 0 unspecified atom stereocenters. The lowest BCUT2D eigenvalue weighted by atomic mass is 9.99. The van der Waals surface area contributed by atoms with Crippen LogP contribution >= 0.6 is 11.6 Å². The van der Waals surface area contributed by atoms with E-state index in [1.807, 2.05) is 54.6 Å². The second kappa shape index (κ2) is 13.6. The Morgan fingerprint density at radius 1 is 0.895 bits per heavy atom. The Balaban J connectivity index is 1.59. The van der Waals surface area contributed by atoms with Crippen molar-refractivity contribution in [1.29, 1.82) is 0 Å². The number of hydrogen-bond acceptors (Lipinski definition) is 2. The molecule has 0 saturated heterocycles. The van der Waals surface area contributed by atoms with Gasteiger partial charge in [0.2, 0.25) is 11.8 Å². The molecular weight excluding hydrogens is 492 g/mol. The predicted octanol–water partition coefficient (Wildman–Crippen LogP) is 7.09. The van der Waals surface area contributed by atoms with Gasteiger partial charge in [0.15, 0.2) is 0 Å². The number of carbonyl (C=O) groups excluding carboxylic acids is 2. The zero-order valence-corrected chi connectivity index (χ0v) is 23.3. The van der Waals surface area contributed by atoms with Crippen molar-refractivity contribution in [3.63, 3.8) is 0 Å². The number of aryl methyl sites for hydroxylation is 1. The standard InChI is InChI=1S/C33H39ClN2O2/c1-24(2)27-19-16-25(17-20-27)18-21-32(37)36(23-28-12-6-9-15-30(28)34)31(22-26-10-4-3-5-11-26)33(38)35-29-13-7-8-14-29/h3-6,9-12,15-17,19-20,24,29,31H,7-8,13-14,18,21-23H2,1-2H3,(H,35,38)/t31-/m1/s1. The third-order valence-electron chi connectivity index (χ3n) is 7.55. The highest BCUT2D eigenvalue weighted by Gasteiger charge is 2.32. The SMILES string of the molecule is CC(C)c1ccc(CCC(=O)N(Cc2ccccc2Cl)[C@H](Cc2ccccc2)C(=O)NC2CCCC2)cc1. The van der Waals surface area contributed by atoms with E-state index >= 15 is 0 Å². The Kier molecular flexibility index (Phi) is 10.0. The summed E-state index contributed by atoms with van der Waals surface area (Å²) in [5.74, 6) is 0.344. The molecule has 5 heteroatoms. The average Bonchev–Trinajstić information content (AvgIpc) is 3.44. The summed E-state index contributed by atoms with van der Waals surface area (Å²) in [4.78, 5) is 29.4. The number of nitrogens with one attached hydrogen (secondary N) is 1. The minimum absolute atomic E-state index is 0.0413. The van der Waals surface area contributed by atoms with Crippen LogP contribution in [-0.4, -0.2) is 28.8 Å². The fourth-order valence-electron chi connectivity index (χ4n) is 5.20. The van der Waals surface area contributed by atoms with Crippen LogP contribution in [0, 0.1) is 0 Å². The second-order valence-corrected chi connectivity index (χ2v) is 11.1. The van der Waals surface area contributed by atoms with E-state index in [0.29, 0.717) is 36.7 Å². The first-order valence-corrected chi connectivity index (χ1v) is 14.2. The molecule has 1 fully saturated rings. The van der Waals surface area contributed by atoms with Crippen molar-refractivity contribution in [3.8, 4) is 0 Å². The molecule has 3 aromatic rings. The lowest BCUT2D eigenvalue weighted by molar-refractivity contribution is -0.141. The lowest BCUT2D eigenvalue weighted by Gasteiger charge is -2.32. The maximum absolute atomic E-state index is 13.9. The molecule has 1 N–H and O–H groups in total. The van der Waals surface area contributed by atoms with Crippen LogP contribution in [-0.2, 0) is 29.0 Å². The van der Waals surface area contributed by atoms with Gasteiger partial charge in [-0.1, -0.05) is 111 Å². The van der Waals surface area contributed by atoms with Gasteiger partial charge in [-0.2, -0.15) is 0 Å². The quantitative estimate of drug-likeness (QED) is 0.287. The van der Waals surface area contributed by atoms with Gasteiger partial charge in [0.1, 0.15) is 6.04 Å². The van der Waals surface area contributed by atoms with E-state index in [1.54, 1.807) is 4.90 Å². The van der Waals surface area contributed by atoms with Gasteiger partial charge in [-0.25, -0.2) is 0 Å². The van der Waals surface area contributed by atoms with E-state index in [2.05, 4.69) is 43.4 Å². The molecule has 0 aliphatic heterocycles. The summed E-state index contributed by atoms with van der Waals surface area (Å²) >= 11 is 6.53. The van der Waals surface area contributed by atoms with Crippen LogP contribution in [0.4, 0.5) is 0 Å². The van der Waals surface area contributed by atoms with Crippen molar-refractivity contribution < 1.29 is 9.59 Å². The van der Waals surface area contributed by atoms with E-state index in [0.717, 1.165) is 42.4 Å². The van der Waals surface area contributed by atoms with Crippen LogP contribution in [0.25, 0.3) is 0 Å². The van der Waals surface area contributed by atoms with E-state index in [-0.39, 0.29) is 17.9 Å². The molecule has 4 nitrogen and oxygen atoms in total. The highest BCUT2D eigenvalue weighted by molar-refractivity contribution is 6.31. The van der Waals surface area contributed by atoms with E-state index in [9.17, 15) is 9.59 Å². The van der Waals surface area contributed by atoms with Crippen molar-refractivity contribution in [1.82, 2.24) is 10.2 Å². The largest absolute Gasteiger partial charge is 0.352 e. The first kappa shape index (κ1) is 27.9. The number of hydrogen-bond donors (Lipinski definition) is 1. The first-order valence-electron chi connectivity index (χ1n) is 13.9. The molecule has 4 rings (SSSR count). The number of carbonyl (C=O) groups is 2. The number of benzene rings is 3. The highest BCUT2D eigenvalue weighted by atomic mass is 35.5. The molecule has 0 radical (unpaired) electrons. The minimum atomic E-state index is -0.620. The predicted molar refractivity (Wildman–Crippen MR) is 155 cm³/mol. The van der Waals surface area contributed by atoms with Crippen LogP contribution in [0.3, 0.4) is 0 Å². The van der Waals surface area contributed by atoms with E-state index < -0.39 is 6.04 Å². The van der Waals surface area contributed by atoms with Crippen LogP contribution < -0.4 is 5.32 Å². The van der Waals surface area contributed by atoms with E-state index in [4.69, 9.17) is 11.6 Å². The Hall–Kier alpha value is -3.11. The number of halogens is 1. The number of nitrogens with zero attached hydrogens (tertiary/aromatic N) is 1. The summed E-state index contributed by atoms with van der Waals surface area (Å²) < 4.78 is 0. The van der Waals surface area contributed by atoms with Crippen LogP contribution in [0.5, 0.6) is 0 Å². The van der Waals surface area contributed by atoms with Gasteiger partial charge in [0.05, 0.1) is 0 Å². The summed E-state index contributed by atoms with van der Waals surface area (Å²) in [7, 11) is 0. The molecule has 0 spiro atoms. The molecule has 38 heavy (non-hydrogen) atoms. The minimum Gasteiger partial charge on any atom is -0.352 e. The van der Waals surface area contributed by atoms with Crippen LogP contribution in [0.2, 0.25) is 5.02 Å². The Morgan fingerprint density at radius 2 is 1.55 bits per heavy atom. The van der Waals surface area contributed by atoms with Gasteiger partial charge in [-0.3, -0.25) is 9.59 Å². The van der Waals surface area contributed by atoms with Gasteiger partial charge in [0, 0.05) is 30.5 Å². The van der Waals surface area contributed by atoms with Crippen molar-refractivity contribution >= 4 is 23.4 Å². The molecule has 0 bridgehead atoms. The molecular formula is C33H39ClN2O2. The molecule has 2 amide bonds. The molecule has 200 valence electrons. The maximum atomic E-state index is 13.9. The van der Waals surface area contributed by atoms with Gasteiger partial charge in [-0.15, -0.1) is 0 Å². The number of rotatable bonds is 11. The lowest BCUT2D eigenvalue weighted by Crippen LogP contribution is -2.52. The molecule has 1 aliphatic carbocycles. The van der Waals surface area contributed by atoms with Gasteiger partial charge in [0.25, 0.3) is 0 Å². The topological polar surface area (TPSA) is 49.4 Å². The molecule has 1 saturated carbocycles.